The Labute approximate surface area is 188 Å². The quantitative estimate of drug-likeness (QED) is 0.732. The van der Waals surface area contributed by atoms with Gasteiger partial charge in [-0.2, -0.15) is 0 Å². The van der Waals surface area contributed by atoms with Crippen molar-refractivity contribution < 1.29 is 14.4 Å². The number of amides is 3. The lowest BCUT2D eigenvalue weighted by Crippen LogP contribution is -2.46. The molecule has 2 N–H and O–H groups in total. The van der Waals surface area contributed by atoms with Crippen molar-refractivity contribution in [2.24, 2.45) is 0 Å². The van der Waals surface area contributed by atoms with Crippen LogP contribution in [-0.2, 0) is 9.59 Å². The van der Waals surface area contributed by atoms with E-state index in [0.29, 0.717) is 18.5 Å². The van der Waals surface area contributed by atoms with E-state index in [2.05, 4.69) is 15.5 Å². The lowest BCUT2D eigenvalue weighted by atomic mass is 10.0. The summed E-state index contributed by atoms with van der Waals surface area (Å²) in [5, 5.41) is 6.02. The van der Waals surface area contributed by atoms with Gasteiger partial charge in [-0.25, -0.2) is 0 Å². The minimum absolute atomic E-state index is 0.0223. The summed E-state index contributed by atoms with van der Waals surface area (Å²) >= 11 is 0. The fourth-order valence-corrected chi connectivity index (χ4v) is 4.30. The first kappa shape index (κ1) is 22.0. The number of benzene rings is 2. The summed E-state index contributed by atoms with van der Waals surface area (Å²) in [7, 11) is 0. The first-order valence-corrected chi connectivity index (χ1v) is 11.4. The lowest BCUT2D eigenvalue weighted by molar-refractivity contribution is -0.119. The van der Waals surface area contributed by atoms with Crippen LogP contribution in [0.1, 0.15) is 42.5 Å². The number of likely N-dealkylation sites (tertiary alicyclic amines) is 1. The summed E-state index contributed by atoms with van der Waals surface area (Å²) in [6.07, 6.45) is 4.18. The predicted molar refractivity (Wildman–Crippen MR) is 125 cm³/mol. The fraction of sp³-hybridized carbons (Fsp3) is 0.400. The van der Waals surface area contributed by atoms with Gasteiger partial charge < -0.3 is 15.5 Å². The summed E-state index contributed by atoms with van der Waals surface area (Å²) in [5.41, 5.74) is 2.26. The van der Waals surface area contributed by atoms with Crippen LogP contribution in [-0.4, -0.2) is 54.8 Å². The number of anilines is 2. The highest BCUT2D eigenvalue weighted by atomic mass is 16.2. The molecular weight excluding hydrogens is 404 g/mol. The van der Waals surface area contributed by atoms with Crippen LogP contribution in [0.15, 0.2) is 54.6 Å². The summed E-state index contributed by atoms with van der Waals surface area (Å²) < 4.78 is 0. The third kappa shape index (κ3) is 5.73. The second kappa shape index (κ2) is 10.4. The monoisotopic (exact) mass is 434 g/mol. The molecule has 0 unspecified atom stereocenters. The molecule has 0 bridgehead atoms. The van der Waals surface area contributed by atoms with Crippen LogP contribution in [0, 0.1) is 0 Å². The zero-order valence-corrected chi connectivity index (χ0v) is 18.3. The SMILES string of the molecule is O=C(CN1CCC(NC(=O)c2ccc(N3CCCCC3=O)cc2)CC1)Nc1ccccc1. The zero-order chi connectivity index (χ0) is 22.3. The van der Waals surface area contributed by atoms with E-state index < -0.39 is 0 Å². The normalized spacial score (nSPS) is 17.8. The molecule has 2 aromatic rings. The van der Waals surface area contributed by atoms with Crippen LogP contribution in [0.4, 0.5) is 11.4 Å². The van der Waals surface area contributed by atoms with Crippen LogP contribution >= 0.6 is 0 Å². The maximum absolute atomic E-state index is 12.7. The molecule has 0 spiro atoms. The Hall–Kier alpha value is -3.19. The number of nitrogens with zero attached hydrogens (tertiary/aromatic N) is 2. The number of piperidine rings is 2. The van der Waals surface area contributed by atoms with Gasteiger partial charge in [-0.05, 0) is 62.1 Å². The van der Waals surface area contributed by atoms with Gasteiger partial charge in [-0.15, -0.1) is 0 Å². The third-order valence-electron chi connectivity index (χ3n) is 6.11. The van der Waals surface area contributed by atoms with Crippen molar-refractivity contribution in [1.82, 2.24) is 10.2 Å². The van der Waals surface area contributed by atoms with Gasteiger partial charge in [-0.3, -0.25) is 19.3 Å². The maximum Gasteiger partial charge on any atom is 0.251 e. The van der Waals surface area contributed by atoms with Gasteiger partial charge >= 0.3 is 0 Å². The van der Waals surface area contributed by atoms with Gasteiger partial charge in [0.2, 0.25) is 11.8 Å². The average molecular weight is 435 g/mol. The van der Waals surface area contributed by atoms with E-state index in [0.717, 1.165) is 56.7 Å². The van der Waals surface area contributed by atoms with Gasteiger partial charge in [0.25, 0.3) is 5.91 Å². The second-order valence-electron chi connectivity index (χ2n) is 8.49. The molecule has 2 heterocycles. The van der Waals surface area contributed by atoms with E-state index in [1.165, 1.54) is 0 Å². The molecule has 168 valence electrons. The van der Waals surface area contributed by atoms with Gasteiger partial charge in [-0.1, -0.05) is 18.2 Å². The Morgan fingerprint density at radius 3 is 2.31 bits per heavy atom. The highest BCUT2D eigenvalue weighted by molar-refractivity contribution is 5.97. The third-order valence-corrected chi connectivity index (χ3v) is 6.11. The van der Waals surface area contributed by atoms with Crippen LogP contribution in [0.25, 0.3) is 0 Å². The fourth-order valence-electron chi connectivity index (χ4n) is 4.30. The number of hydrogen-bond acceptors (Lipinski definition) is 4. The molecule has 2 fully saturated rings. The molecule has 4 rings (SSSR count). The molecule has 0 saturated carbocycles. The molecule has 0 radical (unpaired) electrons. The van der Waals surface area contributed by atoms with Gasteiger partial charge in [0.05, 0.1) is 6.54 Å². The Bertz CT molecular complexity index is 937. The van der Waals surface area contributed by atoms with Crippen molar-refractivity contribution >= 4 is 29.1 Å². The van der Waals surface area contributed by atoms with Crippen LogP contribution in [0.2, 0.25) is 0 Å². The molecule has 0 atom stereocenters. The average Bonchev–Trinajstić information content (AvgIpc) is 2.81. The predicted octanol–water partition coefficient (Wildman–Crippen LogP) is 3.04. The number of nitrogens with one attached hydrogen (secondary N) is 2. The van der Waals surface area contributed by atoms with E-state index in [4.69, 9.17) is 0 Å². The lowest BCUT2D eigenvalue weighted by Gasteiger charge is -2.32. The molecule has 0 aliphatic carbocycles. The van der Waals surface area contributed by atoms with E-state index in [-0.39, 0.29) is 23.8 Å². The smallest absolute Gasteiger partial charge is 0.251 e. The first-order valence-electron chi connectivity index (χ1n) is 11.4. The highest BCUT2D eigenvalue weighted by Crippen LogP contribution is 2.21. The van der Waals surface area contributed by atoms with E-state index in [1.807, 2.05) is 42.5 Å². The maximum atomic E-state index is 12.7. The van der Waals surface area contributed by atoms with E-state index in [9.17, 15) is 14.4 Å². The molecule has 0 aromatic heterocycles. The van der Waals surface area contributed by atoms with E-state index >= 15 is 0 Å². The summed E-state index contributed by atoms with van der Waals surface area (Å²) in [6.45, 7) is 2.63. The highest BCUT2D eigenvalue weighted by Gasteiger charge is 2.23. The van der Waals surface area contributed by atoms with Crippen molar-refractivity contribution in [3.8, 4) is 0 Å². The molecule has 2 aliphatic heterocycles. The Morgan fingerprint density at radius 2 is 1.62 bits per heavy atom. The number of para-hydroxylation sites is 1. The number of carbonyl (C=O) groups is 3. The van der Waals surface area contributed by atoms with E-state index in [1.54, 1.807) is 17.0 Å². The topological polar surface area (TPSA) is 81.8 Å². The van der Waals surface area contributed by atoms with Gasteiger partial charge in [0.15, 0.2) is 0 Å². The van der Waals surface area contributed by atoms with Crippen molar-refractivity contribution in [2.45, 2.75) is 38.1 Å². The molecular formula is C25H30N4O3. The number of rotatable bonds is 6. The van der Waals surface area contributed by atoms with Gasteiger partial charge in [0.1, 0.15) is 0 Å². The molecule has 2 aromatic carbocycles. The first-order chi connectivity index (χ1) is 15.6. The molecule has 7 heteroatoms. The zero-order valence-electron chi connectivity index (χ0n) is 18.3. The Morgan fingerprint density at radius 1 is 0.906 bits per heavy atom. The Balaban J connectivity index is 1.22. The summed E-state index contributed by atoms with van der Waals surface area (Å²) in [5.74, 6) is 0.0328. The van der Waals surface area contributed by atoms with Crippen LogP contribution in [0.3, 0.4) is 0 Å². The molecule has 32 heavy (non-hydrogen) atoms. The van der Waals surface area contributed by atoms with Crippen LogP contribution in [0.5, 0.6) is 0 Å². The van der Waals surface area contributed by atoms with Crippen molar-refractivity contribution in [2.75, 3.05) is 36.4 Å². The van der Waals surface area contributed by atoms with Crippen LogP contribution < -0.4 is 15.5 Å². The molecule has 2 saturated heterocycles. The standard InChI is InChI=1S/C25H30N4O3/c30-23(26-20-6-2-1-3-7-20)18-28-16-13-21(14-17-28)27-25(32)19-9-11-22(12-10-19)29-15-5-4-8-24(29)31/h1-3,6-7,9-12,21H,4-5,8,13-18H2,(H,26,30)(H,27,32). The van der Waals surface area contributed by atoms with Crippen molar-refractivity contribution in [1.29, 1.82) is 0 Å². The Kier molecular flexibility index (Phi) is 7.17. The van der Waals surface area contributed by atoms with Crippen molar-refractivity contribution in [3.05, 3.63) is 60.2 Å². The molecule has 7 nitrogen and oxygen atoms in total. The minimum atomic E-state index is -0.0956. The number of carbonyl (C=O) groups excluding carboxylic acids is 3. The summed E-state index contributed by atoms with van der Waals surface area (Å²) in [6, 6.07) is 16.8. The summed E-state index contributed by atoms with van der Waals surface area (Å²) in [4.78, 5) is 40.9. The molecule has 2 aliphatic rings. The molecule has 3 amide bonds. The minimum Gasteiger partial charge on any atom is -0.349 e. The van der Waals surface area contributed by atoms with Crippen molar-refractivity contribution in [3.63, 3.8) is 0 Å². The largest absolute Gasteiger partial charge is 0.349 e. The second-order valence-corrected chi connectivity index (χ2v) is 8.49. The van der Waals surface area contributed by atoms with Gasteiger partial charge in [0, 0.05) is 49.0 Å². The number of hydrogen-bond donors (Lipinski definition) is 2.